The van der Waals surface area contributed by atoms with Gasteiger partial charge in [0.05, 0.1) is 6.61 Å². The van der Waals surface area contributed by atoms with Gasteiger partial charge in [0.1, 0.15) is 18.8 Å². The molecule has 12 heteroatoms. The summed E-state index contributed by atoms with van der Waals surface area (Å²) in [5.74, 6) is -3.07. The zero-order chi connectivity index (χ0) is 51.8. The lowest BCUT2D eigenvalue weighted by molar-refractivity contribution is -0.301. The van der Waals surface area contributed by atoms with Crippen LogP contribution in [0.3, 0.4) is 0 Å². The van der Waals surface area contributed by atoms with Crippen LogP contribution in [0.25, 0.3) is 0 Å². The predicted octanol–water partition coefficient (Wildman–Crippen LogP) is 15.1. The minimum atomic E-state index is -1.89. The van der Waals surface area contributed by atoms with Crippen LogP contribution >= 0.6 is 0 Å². The van der Waals surface area contributed by atoms with Gasteiger partial charge in [-0.3, -0.25) is 14.4 Å². The van der Waals surface area contributed by atoms with Crippen molar-refractivity contribution in [3.05, 3.63) is 0 Å². The molecule has 71 heavy (non-hydrogen) atoms. The lowest BCUT2D eigenvalue weighted by atomic mass is 9.98. The second kappa shape index (κ2) is 48.6. The van der Waals surface area contributed by atoms with Crippen LogP contribution in [0.1, 0.15) is 303 Å². The van der Waals surface area contributed by atoms with E-state index < -0.39 is 67.3 Å². The first-order chi connectivity index (χ1) is 34.6. The quantitative estimate of drug-likeness (QED) is 0.0299. The Morgan fingerprint density at radius 3 is 1.06 bits per heavy atom. The first kappa shape index (κ1) is 66.7. The van der Waals surface area contributed by atoms with Gasteiger partial charge in [0.25, 0.3) is 0 Å². The summed E-state index contributed by atoms with van der Waals surface area (Å²) >= 11 is 0. The Bertz CT molecular complexity index is 1250. The van der Waals surface area contributed by atoms with E-state index in [1.165, 1.54) is 186 Å². The monoisotopic (exact) mass is 1010 g/mol. The smallest absolute Gasteiger partial charge is 0.335 e. The molecule has 1 saturated heterocycles. The van der Waals surface area contributed by atoms with Crippen LogP contribution in [-0.4, -0.2) is 89.2 Å². The highest BCUT2D eigenvalue weighted by atomic mass is 16.7. The molecule has 1 aliphatic heterocycles. The summed E-state index contributed by atoms with van der Waals surface area (Å²) < 4.78 is 28.5. The minimum absolute atomic E-state index is 0.0703. The van der Waals surface area contributed by atoms with Crippen LogP contribution in [0.15, 0.2) is 0 Å². The first-order valence-corrected chi connectivity index (χ1v) is 30.0. The Kier molecular flexibility index (Phi) is 45.7. The van der Waals surface area contributed by atoms with Gasteiger partial charge in [0.2, 0.25) is 0 Å². The number of ether oxygens (including phenoxy) is 5. The summed E-state index contributed by atoms with van der Waals surface area (Å²) in [5.41, 5.74) is 0. The fraction of sp³-hybridized carbons (Fsp3) is 0.932. The number of aliphatic hydroxyl groups excluding tert-OH is 2. The summed E-state index contributed by atoms with van der Waals surface area (Å²) in [6.07, 6.45) is 39.3. The van der Waals surface area contributed by atoms with E-state index in [2.05, 4.69) is 20.8 Å². The van der Waals surface area contributed by atoms with Crippen molar-refractivity contribution in [1.29, 1.82) is 0 Å². The molecule has 0 aromatic rings. The van der Waals surface area contributed by atoms with Gasteiger partial charge in [-0.1, -0.05) is 265 Å². The molecule has 418 valence electrons. The Morgan fingerprint density at radius 1 is 0.408 bits per heavy atom. The highest BCUT2D eigenvalue weighted by Gasteiger charge is 2.50. The highest BCUT2D eigenvalue weighted by molar-refractivity contribution is 5.74. The molecule has 0 radical (unpaired) electrons. The van der Waals surface area contributed by atoms with Gasteiger partial charge in [0.15, 0.2) is 24.6 Å². The molecule has 0 aliphatic carbocycles. The van der Waals surface area contributed by atoms with Crippen LogP contribution < -0.4 is 0 Å². The molecule has 0 saturated carbocycles. The molecular formula is C59H110O12. The molecule has 6 unspecified atom stereocenters. The third-order valence-corrected chi connectivity index (χ3v) is 14.2. The summed E-state index contributed by atoms with van der Waals surface area (Å²) in [6.45, 7) is 6.03. The van der Waals surface area contributed by atoms with Crippen LogP contribution in [0, 0.1) is 0 Å². The van der Waals surface area contributed by atoms with E-state index in [9.17, 15) is 34.5 Å². The van der Waals surface area contributed by atoms with Gasteiger partial charge in [0, 0.05) is 19.3 Å². The number of carbonyl (C=O) groups is 4. The zero-order valence-electron chi connectivity index (χ0n) is 46.0. The third-order valence-electron chi connectivity index (χ3n) is 14.2. The van der Waals surface area contributed by atoms with Crippen molar-refractivity contribution < 1.29 is 58.2 Å². The fourth-order valence-corrected chi connectivity index (χ4v) is 9.55. The van der Waals surface area contributed by atoms with Gasteiger partial charge in [-0.2, -0.15) is 0 Å². The number of hydrogen-bond donors (Lipinski definition) is 3. The molecule has 1 heterocycles. The number of carbonyl (C=O) groups excluding carboxylic acids is 3. The SMILES string of the molecule is CCCCCCCCCCCCCCCCCC(=O)OCC(COC1OC(C(=O)O)C(O)C(O)C1OC(=O)CCCCCCCCCCCCCCC)OC(=O)CCCCCCCCCCCCCCC. The normalized spacial score (nSPS) is 18.4. The Hall–Kier alpha value is -2.28. The third kappa shape index (κ3) is 38.9. The molecule has 1 fully saturated rings. The van der Waals surface area contributed by atoms with Crippen molar-refractivity contribution in [1.82, 2.24) is 0 Å². The predicted molar refractivity (Wildman–Crippen MR) is 285 cm³/mol. The molecule has 6 atom stereocenters. The molecule has 0 aromatic heterocycles. The van der Waals surface area contributed by atoms with Crippen molar-refractivity contribution in [2.45, 2.75) is 340 Å². The average Bonchev–Trinajstić information content (AvgIpc) is 3.35. The van der Waals surface area contributed by atoms with Crippen LogP contribution in [0.5, 0.6) is 0 Å². The zero-order valence-corrected chi connectivity index (χ0v) is 46.0. The number of esters is 3. The number of rotatable bonds is 52. The van der Waals surface area contributed by atoms with Gasteiger partial charge < -0.3 is 39.0 Å². The summed E-state index contributed by atoms with van der Waals surface area (Å²) in [5, 5.41) is 31.4. The van der Waals surface area contributed by atoms with Crippen molar-refractivity contribution in [2.75, 3.05) is 13.2 Å². The highest BCUT2D eigenvalue weighted by Crippen LogP contribution is 2.27. The maximum absolute atomic E-state index is 13.1. The molecule has 3 N–H and O–H groups in total. The first-order valence-electron chi connectivity index (χ1n) is 30.0. The van der Waals surface area contributed by atoms with Gasteiger partial charge in [-0.05, 0) is 19.3 Å². The van der Waals surface area contributed by atoms with Crippen LogP contribution in [0.4, 0.5) is 0 Å². The summed E-state index contributed by atoms with van der Waals surface area (Å²) in [6, 6.07) is 0. The number of carboxylic acids is 1. The lowest BCUT2D eigenvalue weighted by Gasteiger charge is -2.40. The number of unbranched alkanes of at least 4 members (excludes halogenated alkanes) is 38. The van der Waals surface area contributed by atoms with Crippen LogP contribution in [-0.2, 0) is 42.9 Å². The van der Waals surface area contributed by atoms with Gasteiger partial charge >= 0.3 is 23.9 Å². The molecule has 1 aliphatic rings. The Balaban J connectivity index is 2.66. The Labute approximate surface area is 433 Å². The second-order valence-corrected chi connectivity index (χ2v) is 21.0. The maximum Gasteiger partial charge on any atom is 0.335 e. The molecule has 12 nitrogen and oxygen atoms in total. The van der Waals surface area contributed by atoms with E-state index in [4.69, 9.17) is 23.7 Å². The standard InChI is InChI=1S/C59H110O12/c1-4-7-10-13-16-19-22-25-26-29-30-33-36-39-42-45-51(60)67-48-50(69-52(61)46-43-40-37-34-31-27-23-20-17-14-11-8-5-2)49-68-59-57(55(64)54(63)56(71-59)58(65)66)70-53(62)47-44-41-38-35-32-28-24-21-18-15-12-9-6-3/h50,54-57,59,63-64H,4-49H2,1-3H3,(H,65,66). The van der Waals surface area contributed by atoms with Crippen molar-refractivity contribution in [3.8, 4) is 0 Å². The molecule has 0 spiro atoms. The number of aliphatic hydroxyl groups is 2. The van der Waals surface area contributed by atoms with Gasteiger partial charge in [-0.15, -0.1) is 0 Å². The summed E-state index contributed by atoms with van der Waals surface area (Å²) in [7, 11) is 0. The number of hydrogen-bond acceptors (Lipinski definition) is 11. The second-order valence-electron chi connectivity index (χ2n) is 21.0. The van der Waals surface area contributed by atoms with Crippen molar-refractivity contribution in [3.63, 3.8) is 0 Å². The van der Waals surface area contributed by atoms with Crippen molar-refractivity contribution in [2.24, 2.45) is 0 Å². The van der Waals surface area contributed by atoms with Gasteiger partial charge in [-0.25, -0.2) is 4.79 Å². The summed E-state index contributed by atoms with van der Waals surface area (Å²) in [4.78, 5) is 51.1. The van der Waals surface area contributed by atoms with E-state index in [1.54, 1.807) is 0 Å². The lowest BCUT2D eigenvalue weighted by Crippen LogP contribution is -2.61. The van der Waals surface area contributed by atoms with Crippen molar-refractivity contribution >= 4 is 23.9 Å². The fourth-order valence-electron chi connectivity index (χ4n) is 9.55. The molecule has 0 amide bonds. The average molecular weight is 1010 g/mol. The number of carboxylic acid groups (broad SMARTS) is 1. The van der Waals surface area contributed by atoms with E-state index in [-0.39, 0.29) is 25.9 Å². The maximum atomic E-state index is 13.1. The van der Waals surface area contributed by atoms with E-state index in [0.29, 0.717) is 19.3 Å². The van der Waals surface area contributed by atoms with E-state index in [1.807, 2.05) is 0 Å². The molecule has 0 aromatic carbocycles. The van der Waals surface area contributed by atoms with E-state index >= 15 is 0 Å². The van der Waals surface area contributed by atoms with Crippen LogP contribution in [0.2, 0.25) is 0 Å². The van der Waals surface area contributed by atoms with E-state index in [0.717, 1.165) is 57.8 Å². The Morgan fingerprint density at radius 2 is 0.718 bits per heavy atom. The number of aliphatic carboxylic acids is 1. The molecule has 1 rings (SSSR count). The minimum Gasteiger partial charge on any atom is -0.479 e. The largest absolute Gasteiger partial charge is 0.479 e. The molecule has 0 bridgehead atoms. The topological polar surface area (TPSA) is 175 Å². The molecular weight excluding hydrogens is 901 g/mol.